The number of hydrogen-bond donors (Lipinski definition) is 2. The highest BCUT2D eigenvalue weighted by Gasteiger charge is 2.12. The highest BCUT2D eigenvalue weighted by molar-refractivity contribution is 6.03. The van der Waals surface area contributed by atoms with Crippen LogP contribution in [0.15, 0.2) is 85.2 Å². The molecule has 8 heteroatoms. The van der Waals surface area contributed by atoms with Crippen molar-refractivity contribution in [1.29, 1.82) is 0 Å². The second-order valence-electron chi connectivity index (χ2n) is 6.88. The maximum absolute atomic E-state index is 12.6. The number of rotatable bonds is 7. The molecule has 0 radical (unpaired) electrons. The predicted molar refractivity (Wildman–Crippen MR) is 120 cm³/mol. The second-order valence-corrected chi connectivity index (χ2v) is 6.88. The van der Waals surface area contributed by atoms with Crippen LogP contribution in [0.2, 0.25) is 0 Å². The smallest absolute Gasteiger partial charge is 0.276 e. The minimum Gasteiger partial charge on any atom is -0.497 e. The first-order chi connectivity index (χ1) is 15.6. The van der Waals surface area contributed by atoms with E-state index < -0.39 is 0 Å². The molecule has 32 heavy (non-hydrogen) atoms. The van der Waals surface area contributed by atoms with Crippen LogP contribution in [0.4, 0.5) is 5.69 Å². The van der Waals surface area contributed by atoms with Crippen molar-refractivity contribution in [2.45, 2.75) is 6.54 Å². The first kappa shape index (κ1) is 20.8. The van der Waals surface area contributed by atoms with Crippen LogP contribution in [-0.2, 0) is 6.54 Å². The largest absolute Gasteiger partial charge is 0.497 e. The molecule has 4 rings (SSSR count). The third-order valence-corrected chi connectivity index (χ3v) is 4.70. The Morgan fingerprint density at radius 2 is 1.81 bits per heavy atom. The minimum absolute atomic E-state index is 0.254. The summed E-state index contributed by atoms with van der Waals surface area (Å²) in [5, 5.41) is 9.93. The van der Waals surface area contributed by atoms with Crippen molar-refractivity contribution in [3.05, 3.63) is 102 Å². The van der Waals surface area contributed by atoms with Crippen LogP contribution in [-0.4, -0.2) is 33.7 Å². The van der Waals surface area contributed by atoms with Gasteiger partial charge in [0.1, 0.15) is 5.75 Å². The van der Waals surface area contributed by atoms with Crippen LogP contribution in [0.25, 0.3) is 5.69 Å². The number of carbonyl (C=O) groups is 2. The molecule has 2 amide bonds. The Labute approximate surface area is 184 Å². The molecular weight excluding hydrogens is 406 g/mol. The van der Waals surface area contributed by atoms with Gasteiger partial charge in [0.05, 0.1) is 25.0 Å². The highest BCUT2D eigenvalue weighted by Crippen LogP contribution is 2.16. The summed E-state index contributed by atoms with van der Waals surface area (Å²) in [4.78, 5) is 29.3. The van der Waals surface area contributed by atoms with Gasteiger partial charge < -0.3 is 15.4 Å². The molecule has 2 heterocycles. The molecule has 0 atom stereocenters. The summed E-state index contributed by atoms with van der Waals surface area (Å²) >= 11 is 0. The number of ether oxygens (including phenoxy) is 1. The zero-order chi connectivity index (χ0) is 22.3. The van der Waals surface area contributed by atoms with Crippen molar-refractivity contribution >= 4 is 17.5 Å². The van der Waals surface area contributed by atoms with E-state index >= 15 is 0 Å². The number of benzene rings is 2. The van der Waals surface area contributed by atoms with Crippen molar-refractivity contribution in [3.63, 3.8) is 0 Å². The van der Waals surface area contributed by atoms with E-state index in [0.29, 0.717) is 17.8 Å². The fraction of sp³-hybridized carbons (Fsp3) is 0.0833. The normalized spacial score (nSPS) is 10.4. The fourth-order valence-corrected chi connectivity index (χ4v) is 3.03. The highest BCUT2D eigenvalue weighted by atomic mass is 16.5. The lowest BCUT2D eigenvalue weighted by Crippen LogP contribution is -2.23. The summed E-state index contributed by atoms with van der Waals surface area (Å²) in [6, 6.07) is 21.2. The fourth-order valence-electron chi connectivity index (χ4n) is 3.03. The Morgan fingerprint density at radius 3 is 2.56 bits per heavy atom. The number of amides is 2. The predicted octanol–water partition coefficient (Wildman–Crippen LogP) is 3.46. The number of carbonyl (C=O) groups excluding carboxylic acids is 2. The number of nitrogens with one attached hydrogen (secondary N) is 2. The Kier molecular flexibility index (Phi) is 6.22. The molecule has 0 aliphatic heterocycles. The number of nitrogens with zero attached hydrogens (tertiary/aromatic N) is 3. The number of hydrogen-bond acceptors (Lipinski definition) is 5. The van der Waals surface area contributed by atoms with Gasteiger partial charge in [-0.2, -0.15) is 5.10 Å². The summed E-state index contributed by atoms with van der Waals surface area (Å²) in [7, 11) is 1.60. The molecule has 0 saturated heterocycles. The summed E-state index contributed by atoms with van der Waals surface area (Å²) in [6.45, 7) is 0.319. The molecule has 2 N–H and O–H groups in total. The third-order valence-electron chi connectivity index (χ3n) is 4.70. The standard InChI is InChI=1S/C24H21N5O3/c1-32-21-10-8-20(9-11-21)29-14-12-22(28-29)24(31)27-18-7-4-5-17(15-18)23(30)26-16-19-6-2-3-13-25-19/h2-15H,16H2,1H3,(H,26,30)(H,27,31). The molecule has 2 aromatic carbocycles. The van der Waals surface area contributed by atoms with Crippen LogP contribution in [0.3, 0.4) is 0 Å². The Hall–Kier alpha value is -4.46. The molecular formula is C24H21N5O3. The SMILES string of the molecule is COc1ccc(-n2ccc(C(=O)Nc3cccc(C(=O)NCc4ccccn4)c3)n2)cc1. The molecule has 8 nitrogen and oxygen atoms in total. The average Bonchev–Trinajstić information content (AvgIpc) is 3.34. The lowest BCUT2D eigenvalue weighted by molar-refractivity contribution is 0.0949. The molecule has 0 saturated carbocycles. The van der Waals surface area contributed by atoms with Gasteiger partial charge in [0.15, 0.2) is 5.69 Å². The van der Waals surface area contributed by atoms with E-state index in [2.05, 4.69) is 20.7 Å². The lowest BCUT2D eigenvalue weighted by atomic mass is 10.2. The van der Waals surface area contributed by atoms with Crippen molar-refractivity contribution in [1.82, 2.24) is 20.1 Å². The first-order valence-electron chi connectivity index (χ1n) is 9.92. The third kappa shape index (κ3) is 4.99. The van der Waals surface area contributed by atoms with Gasteiger partial charge in [0.25, 0.3) is 11.8 Å². The van der Waals surface area contributed by atoms with E-state index in [1.165, 1.54) is 0 Å². The quantitative estimate of drug-likeness (QED) is 0.471. The molecule has 4 aromatic rings. The molecule has 0 unspecified atom stereocenters. The van der Waals surface area contributed by atoms with E-state index in [9.17, 15) is 9.59 Å². The minimum atomic E-state index is -0.372. The summed E-state index contributed by atoms with van der Waals surface area (Å²) in [5.74, 6) is 0.113. The first-order valence-corrected chi connectivity index (χ1v) is 9.92. The Bertz CT molecular complexity index is 1220. The zero-order valence-corrected chi connectivity index (χ0v) is 17.4. The maximum Gasteiger partial charge on any atom is 0.276 e. The summed E-state index contributed by atoms with van der Waals surface area (Å²) in [5.41, 5.74) is 2.75. The number of pyridine rings is 1. The van der Waals surface area contributed by atoms with Gasteiger partial charge in [0, 0.05) is 23.6 Å². The van der Waals surface area contributed by atoms with Gasteiger partial charge >= 0.3 is 0 Å². The van der Waals surface area contributed by atoms with Crippen LogP contribution in [0.1, 0.15) is 26.5 Å². The number of aromatic nitrogens is 3. The maximum atomic E-state index is 12.6. The number of methoxy groups -OCH3 is 1. The molecule has 160 valence electrons. The summed E-state index contributed by atoms with van der Waals surface area (Å²) in [6.07, 6.45) is 3.38. The van der Waals surface area contributed by atoms with E-state index in [1.807, 2.05) is 42.5 Å². The molecule has 0 aliphatic carbocycles. The van der Waals surface area contributed by atoms with E-state index in [-0.39, 0.29) is 17.5 Å². The lowest BCUT2D eigenvalue weighted by Gasteiger charge is -2.08. The van der Waals surface area contributed by atoms with Crippen LogP contribution >= 0.6 is 0 Å². The van der Waals surface area contributed by atoms with Gasteiger partial charge in [-0.3, -0.25) is 14.6 Å². The van der Waals surface area contributed by atoms with E-state index in [0.717, 1.165) is 17.1 Å². The van der Waals surface area contributed by atoms with Crippen LogP contribution in [0.5, 0.6) is 5.75 Å². The van der Waals surface area contributed by atoms with Gasteiger partial charge in [-0.25, -0.2) is 4.68 Å². The molecule has 0 aliphatic rings. The van der Waals surface area contributed by atoms with E-state index in [1.54, 1.807) is 54.5 Å². The van der Waals surface area contributed by atoms with Crippen molar-refractivity contribution in [2.24, 2.45) is 0 Å². The molecule has 0 spiro atoms. The summed E-state index contributed by atoms with van der Waals surface area (Å²) < 4.78 is 6.76. The van der Waals surface area contributed by atoms with Crippen molar-refractivity contribution in [2.75, 3.05) is 12.4 Å². The number of anilines is 1. The van der Waals surface area contributed by atoms with Crippen LogP contribution < -0.4 is 15.4 Å². The Balaban J connectivity index is 1.40. The van der Waals surface area contributed by atoms with Gasteiger partial charge in [-0.15, -0.1) is 0 Å². The zero-order valence-electron chi connectivity index (χ0n) is 17.4. The van der Waals surface area contributed by atoms with E-state index in [4.69, 9.17) is 4.74 Å². The molecule has 2 aromatic heterocycles. The topological polar surface area (TPSA) is 98.1 Å². The second kappa shape index (κ2) is 9.57. The van der Waals surface area contributed by atoms with Crippen molar-refractivity contribution in [3.8, 4) is 11.4 Å². The monoisotopic (exact) mass is 427 g/mol. The molecule has 0 bridgehead atoms. The molecule has 0 fully saturated rings. The van der Waals surface area contributed by atoms with Gasteiger partial charge in [-0.1, -0.05) is 12.1 Å². The van der Waals surface area contributed by atoms with Crippen LogP contribution in [0, 0.1) is 0 Å². The van der Waals surface area contributed by atoms with Gasteiger partial charge in [-0.05, 0) is 60.7 Å². The van der Waals surface area contributed by atoms with Crippen molar-refractivity contribution < 1.29 is 14.3 Å². The van der Waals surface area contributed by atoms with Gasteiger partial charge in [0.2, 0.25) is 0 Å². The Morgan fingerprint density at radius 1 is 0.969 bits per heavy atom. The average molecular weight is 427 g/mol.